The molecule has 0 fully saturated rings. The lowest BCUT2D eigenvalue weighted by atomic mass is 10.3. The summed E-state index contributed by atoms with van der Waals surface area (Å²) in [4.78, 5) is 4.37. The minimum absolute atomic E-state index is 0.187. The summed E-state index contributed by atoms with van der Waals surface area (Å²) in [6.45, 7) is 0.356. The number of aromatic nitrogens is 1. The molecule has 0 saturated heterocycles. The zero-order valence-electron chi connectivity index (χ0n) is 11.5. The molecule has 2 aromatic rings. The van der Waals surface area contributed by atoms with Crippen LogP contribution in [0.4, 0.5) is 5.69 Å². The molecule has 1 aromatic carbocycles. The molecule has 0 saturated carbocycles. The van der Waals surface area contributed by atoms with Crippen molar-refractivity contribution in [2.24, 2.45) is 0 Å². The molecule has 2 rings (SSSR count). The summed E-state index contributed by atoms with van der Waals surface area (Å²) < 4.78 is 26.9. The monoisotopic (exact) mass is 369 g/mol. The van der Waals surface area contributed by atoms with E-state index in [-0.39, 0.29) is 4.90 Å². The Labute approximate surface area is 133 Å². The predicted octanol–water partition coefficient (Wildman–Crippen LogP) is 2.29. The molecule has 0 amide bonds. The van der Waals surface area contributed by atoms with E-state index < -0.39 is 10.0 Å². The zero-order valence-corrected chi connectivity index (χ0v) is 13.9. The minimum atomic E-state index is -3.54. The molecule has 112 valence electrons. The Balaban J connectivity index is 2.13. The third-order valence-corrected chi connectivity index (χ3v) is 5.66. The molecule has 0 aliphatic rings. The SMILES string of the molecule is CN(CCc1ccccn1)S(=O)(=O)c1ccc(Br)c(N)c1. The van der Waals surface area contributed by atoms with E-state index in [1.165, 1.54) is 16.4 Å². The molecule has 0 radical (unpaired) electrons. The average molecular weight is 370 g/mol. The highest BCUT2D eigenvalue weighted by Crippen LogP contribution is 2.24. The third-order valence-electron chi connectivity index (χ3n) is 3.08. The summed E-state index contributed by atoms with van der Waals surface area (Å²) in [5, 5.41) is 0. The second kappa shape index (κ2) is 6.55. The van der Waals surface area contributed by atoms with Crippen molar-refractivity contribution in [2.75, 3.05) is 19.3 Å². The van der Waals surface area contributed by atoms with Crippen LogP contribution in [-0.4, -0.2) is 31.3 Å². The predicted molar refractivity (Wildman–Crippen MR) is 86.3 cm³/mol. The van der Waals surface area contributed by atoms with E-state index in [1.807, 2.05) is 18.2 Å². The molecule has 0 bridgehead atoms. The van der Waals surface area contributed by atoms with Crippen molar-refractivity contribution in [3.05, 3.63) is 52.8 Å². The van der Waals surface area contributed by atoms with Crippen molar-refractivity contribution in [2.45, 2.75) is 11.3 Å². The summed E-state index contributed by atoms with van der Waals surface area (Å²) in [6, 6.07) is 10.2. The number of rotatable bonds is 5. The van der Waals surface area contributed by atoms with Crippen LogP contribution in [0.15, 0.2) is 52.0 Å². The second-order valence-electron chi connectivity index (χ2n) is 4.58. The fourth-order valence-corrected chi connectivity index (χ4v) is 3.25. The van der Waals surface area contributed by atoms with Gasteiger partial charge in [0.15, 0.2) is 0 Å². The maximum atomic E-state index is 12.5. The summed E-state index contributed by atoms with van der Waals surface area (Å²) in [7, 11) is -1.99. The van der Waals surface area contributed by atoms with E-state index in [0.29, 0.717) is 23.1 Å². The molecule has 1 heterocycles. The van der Waals surface area contributed by atoms with Gasteiger partial charge in [0, 0.05) is 42.1 Å². The first kappa shape index (κ1) is 15.9. The first-order valence-electron chi connectivity index (χ1n) is 6.32. The van der Waals surface area contributed by atoms with Gasteiger partial charge in [-0.15, -0.1) is 0 Å². The maximum Gasteiger partial charge on any atom is 0.242 e. The Morgan fingerprint density at radius 3 is 2.67 bits per heavy atom. The van der Waals surface area contributed by atoms with E-state index in [1.54, 1.807) is 19.3 Å². The Kier molecular flexibility index (Phi) is 4.97. The molecule has 0 spiro atoms. The van der Waals surface area contributed by atoms with Crippen molar-refractivity contribution < 1.29 is 8.42 Å². The molecule has 0 aliphatic heterocycles. The van der Waals surface area contributed by atoms with Gasteiger partial charge in [0.05, 0.1) is 4.90 Å². The largest absolute Gasteiger partial charge is 0.398 e. The molecule has 2 N–H and O–H groups in total. The molecule has 0 unspecified atom stereocenters. The summed E-state index contributed by atoms with van der Waals surface area (Å²) in [5.74, 6) is 0. The van der Waals surface area contributed by atoms with Gasteiger partial charge in [0.2, 0.25) is 10.0 Å². The number of nitrogen functional groups attached to an aromatic ring is 1. The number of hydrogen-bond acceptors (Lipinski definition) is 4. The van der Waals surface area contributed by atoms with Crippen molar-refractivity contribution in [1.29, 1.82) is 0 Å². The van der Waals surface area contributed by atoms with Crippen LogP contribution in [-0.2, 0) is 16.4 Å². The maximum absolute atomic E-state index is 12.5. The highest BCUT2D eigenvalue weighted by molar-refractivity contribution is 9.10. The average Bonchev–Trinajstić information content (AvgIpc) is 2.48. The van der Waals surface area contributed by atoms with Crippen LogP contribution < -0.4 is 5.73 Å². The van der Waals surface area contributed by atoms with Crippen LogP contribution in [0, 0.1) is 0 Å². The van der Waals surface area contributed by atoms with Gasteiger partial charge in [-0.1, -0.05) is 6.07 Å². The fraction of sp³-hybridized carbons (Fsp3) is 0.214. The number of pyridine rings is 1. The van der Waals surface area contributed by atoms with E-state index in [0.717, 1.165) is 5.69 Å². The van der Waals surface area contributed by atoms with E-state index >= 15 is 0 Å². The molecule has 21 heavy (non-hydrogen) atoms. The zero-order chi connectivity index (χ0) is 15.5. The Morgan fingerprint density at radius 1 is 1.29 bits per heavy atom. The lowest BCUT2D eigenvalue weighted by Gasteiger charge is -2.17. The van der Waals surface area contributed by atoms with Crippen molar-refractivity contribution in [1.82, 2.24) is 9.29 Å². The van der Waals surface area contributed by atoms with Gasteiger partial charge in [-0.05, 0) is 46.3 Å². The molecular weight excluding hydrogens is 354 g/mol. The topological polar surface area (TPSA) is 76.3 Å². The van der Waals surface area contributed by atoms with Crippen molar-refractivity contribution in [3.8, 4) is 0 Å². The number of hydrogen-bond donors (Lipinski definition) is 1. The van der Waals surface area contributed by atoms with Crippen LogP contribution in [0.3, 0.4) is 0 Å². The first-order chi connectivity index (χ1) is 9.91. The normalized spacial score (nSPS) is 11.8. The lowest BCUT2D eigenvalue weighted by Crippen LogP contribution is -2.29. The van der Waals surface area contributed by atoms with E-state index in [9.17, 15) is 8.42 Å². The third kappa shape index (κ3) is 3.81. The molecule has 0 atom stereocenters. The Morgan fingerprint density at radius 2 is 2.05 bits per heavy atom. The number of likely N-dealkylation sites (N-methyl/N-ethyl adjacent to an activating group) is 1. The molecular formula is C14H16BrN3O2S. The number of sulfonamides is 1. The Bertz CT molecular complexity index is 720. The lowest BCUT2D eigenvalue weighted by molar-refractivity contribution is 0.471. The highest BCUT2D eigenvalue weighted by atomic mass is 79.9. The van der Waals surface area contributed by atoms with E-state index in [4.69, 9.17) is 5.73 Å². The highest BCUT2D eigenvalue weighted by Gasteiger charge is 2.21. The first-order valence-corrected chi connectivity index (χ1v) is 8.56. The minimum Gasteiger partial charge on any atom is -0.398 e. The number of nitrogens with zero attached hydrogens (tertiary/aromatic N) is 2. The summed E-state index contributed by atoms with van der Waals surface area (Å²) in [5.41, 5.74) is 7.00. The van der Waals surface area contributed by atoms with Gasteiger partial charge < -0.3 is 5.73 Å². The van der Waals surface area contributed by atoms with Crippen LogP contribution in [0.5, 0.6) is 0 Å². The fourth-order valence-electron chi connectivity index (χ4n) is 1.80. The molecule has 1 aromatic heterocycles. The van der Waals surface area contributed by atoms with Crippen LogP contribution >= 0.6 is 15.9 Å². The van der Waals surface area contributed by atoms with Gasteiger partial charge in [-0.25, -0.2) is 12.7 Å². The van der Waals surface area contributed by atoms with Gasteiger partial charge in [0.25, 0.3) is 0 Å². The number of nitrogens with two attached hydrogens (primary N) is 1. The quantitative estimate of drug-likeness (QED) is 0.820. The van der Waals surface area contributed by atoms with Gasteiger partial charge in [-0.2, -0.15) is 0 Å². The smallest absolute Gasteiger partial charge is 0.242 e. The number of benzene rings is 1. The van der Waals surface area contributed by atoms with Gasteiger partial charge in [-0.3, -0.25) is 4.98 Å². The van der Waals surface area contributed by atoms with Gasteiger partial charge in [0.1, 0.15) is 0 Å². The molecule has 0 aliphatic carbocycles. The Hall–Kier alpha value is -1.44. The van der Waals surface area contributed by atoms with Crippen LogP contribution in [0.1, 0.15) is 5.69 Å². The van der Waals surface area contributed by atoms with Crippen molar-refractivity contribution >= 4 is 31.6 Å². The van der Waals surface area contributed by atoms with Crippen molar-refractivity contribution in [3.63, 3.8) is 0 Å². The summed E-state index contributed by atoms with van der Waals surface area (Å²) >= 11 is 3.25. The standard InChI is InChI=1S/C14H16BrN3O2S/c1-18(9-7-11-4-2-3-8-17-11)21(19,20)12-5-6-13(15)14(16)10-12/h2-6,8,10H,7,9,16H2,1H3. The van der Waals surface area contributed by atoms with Crippen LogP contribution in [0.25, 0.3) is 0 Å². The van der Waals surface area contributed by atoms with E-state index in [2.05, 4.69) is 20.9 Å². The number of anilines is 1. The number of halogens is 1. The second-order valence-corrected chi connectivity index (χ2v) is 7.48. The van der Waals surface area contributed by atoms with Crippen LogP contribution in [0.2, 0.25) is 0 Å². The summed E-state index contributed by atoms with van der Waals surface area (Å²) in [6.07, 6.45) is 2.25. The molecule has 5 nitrogen and oxygen atoms in total. The molecule has 7 heteroatoms. The van der Waals surface area contributed by atoms with Gasteiger partial charge >= 0.3 is 0 Å².